The highest BCUT2D eigenvalue weighted by atomic mass is 32.2. The lowest BCUT2D eigenvalue weighted by Gasteiger charge is -2.28. The number of rotatable bonds is 5. The quantitative estimate of drug-likeness (QED) is 0.703. The molecule has 0 aliphatic rings. The van der Waals surface area contributed by atoms with E-state index in [4.69, 9.17) is 0 Å². The minimum atomic E-state index is -3.60. The Balaban J connectivity index is 2.09. The van der Waals surface area contributed by atoms with Crippen molar-refractivity contribution in [2.24, 2.45) is 0 Å². The van der Waals surface area contributed by atoms with E-state index in [2.05, 4.69) is 0 Å². The van der Waals surface area contributed by atoms with Crippen LogP contribution in [0.25, 0.3) is 0 Å². The third-order valence-corrected chi connectivity index (χ3v) is 5.85. The Bertz CT molecular complexity index is 839. The molecule has 0 spiro atoms. The summed E-state index contributed by atoms with van der Waals surface area (Å²) in [7, 11) is -1.97. The van der Waals surface area contributed by atoms with Crippen LogP contribution in [0.5, 0.6) is 0 Å². The van der Waals surface area contributed by atoms with Crippen molar-refractivity contribution in [3.05, 3.63) is 102 Å². The van der Waals surface area contributed by atoms with Gasteiger partial charge in [-0.2, -0.15) is 4.31 Å². The van der Waals surface area contributed by atoms with Gasteiger partial charge < -0.3 is 0 Å². The Hall–Kier alpha value is -2.43. The minimum Gasteiger partial charge on any atom is -0.207 e. The van der Waals surface area contributed by atoms with Gasteiger partial charge in [-0.1, -0.05) is 78.9 Å². The van der Waals surface area contributed by atoms with E-state index in [-0.39, 0.29) is 6.04 Å². The average Bonchev–Trinajstić information content (AvgIpc) is 2.64. The van der Waals surface area contributed by atoms with Gasteiger partial charge in [0.1, 0.15) is 0 Å². The summed E-state index contributed by atoms with van der Waals surface area (Å²) in [6, 6.07) is 27.5. The summed E-state index contributed by atoms with van der Waals surface area (Å²) in [5.74, 6) is 0. The van der Waals surface area contributed by atoms with Gasteiger partial charge in [0, 0.05) is 7.05 Å². The van der Waals surface area contributed by atoms with Crippen LogP contribution in [0.2, 0.25) is 0 Å². The lowest BCUT2D eigenvalue weighted by molar-refractivity contribution is 0.418. The van der Waals surface area contributed by atoms with E-state index in [0.29, 0.717) is 4.90 Å². The fraction of sp³-hybridized carbons (Fsp3) is 0.100. The van der Waals surface area contributed by atoms with E-state index < -0.39 is 10.0 Å². The van der Waals surface area contributed by atoms with Crippen LogP contribution in [0.4, 0.5) is 0 Å². The van der Waals surface area contributed by atoms with Gasteiger partial charge in [-0.05, 0) is 23.3 Å². The molecule has 0 N–H and O–H groups in total. The second kappa shape index (κ2) is 6.99. The predicted molar refractivity (Wildman–Crippen MR) is 96.1 cm³/mol. The molecule has 24 heavy (non-hydrogen) atoms. The summed E-state index contributed by atoms with van der Waals surface area (Å²) in [5.41, 5.74) is 1.87. The van der Waals surface area contributed by atoms with Gasteiger partial charge in [0.25, 0.3) is 0 Å². The van der Waals surface area contributed by atoms with E-state index in [1.165, 1.54) is 4.31 Å². The first-order chi connectivity index (χ1) is 11.6. The van der Waals surface area contributed by atoms with Crippen LogP contribution < -0.4 is 0 Å². The first-order valence-corrected chi connectivity index (χ1v) is 9.17. The third kappa shape index (κ3) is 3.25. The molecule has 0 aromatic heterocycles. The molecule has 0 radical (unpaired) electrons. The fourth-order valence-corrected chi connectivity index (χ4v) is 4.14. The molecule has 3 nitrogen and oxygen atoms in total. The fourth-order valence-electron chi connectivity index (χ4n) is 2.78. The zero-order valence-electron chi connectivity index (χ0n) is 13.4. The van der Waals surface area contributed by atoms with Crippen LogP contribution in [0.3, 0.4) is 0 Å². The summed E-state index contributed by atoms with van der Waals surface area (Å²) in [6.45, 7) is 0. The molecule has 4 heteroatoms. The highest BCUT2D eigenvalue weighted by molar-refractivity contribution is 7.89. The predicted octanol–water partition coefficient (Wildman–Crippen LogP) is 4.10. The summed E-state index contributed by atoms with van der Waals surface area (Å²) < 4.78 is 27.5. The zero-order chi connectivity index (χ0) is 17.0. The monoisotopic (exact) mass is 337 g/mol. The molecule has 0 aliphatic carbocycles. The van der Waals surface area contributed by atoms with Gasteiger partial charge in [0.05, 0.1) is 10.9 Å². The van der Waals surface area contributed by atoms with Crippen LogP contribution in [0.15, 0.2) is 95.9 Å². The van der Waals surface area contributed by atoms with Gasteiger partial charge >= 0.3 is 0 Å². The SMILES string of the molecule is CN(C(c1ccccc1)c1ccccc1)S(=O)(=O)c1ccccc1. The maximum Gasteiger partial charge on any atom is 0.243 e. The van der Waals surface area contributed by atoms with Crippen molar-refractivity contribution in [2.45, 2.75) is 10.9 Å². The van der Waals surface area contributed by atoms with E-state index in [1.54, 1.807) is 31.3 Å². The molecule has 3 aromatic rings. The third-order valence-electron chi connectivity index (χ3n) is 4.01. The maximum absolute atomic E-state index is 13.0. The normalized spacial score (nSPS) is 11.8. The first-order valence-electron chi connectivity index (χ1n) is 7.73. The summed E-state index contributed by atoms with van der Waals surface area (Å²) in [4.78, 5) is 0.296. The lowest BCUT2D eigenvalue weighted by Crippen LogP contribution is -2.32. The Morgan fingerprint density at radius 2 is 1.04 bits per heavy atom. The Morgan fingerprint density at radius 3 is 1.46 bits per heavy atom. The summed E-state index contributed by atoms with van der Waals surface area (Å²) in [6.07, 6.45) is 0. The molecular weight excluding hydrogens is 318 g/mol. The van der Waals surface area contributed by atoms with Crippen molar-refractivity contribution >= 4 is 10.0 Å². The molecule has 3 rings (SSSR count). The summed E-state index contributed by atoms with van der Waals surface area (Å²) >= 11 is 0. The van der Waals surface area contributed by atoms with Gasteiger partial charge in [-0.3, -0.25) is 0 Å². The molecule has 0 unspecified atom stereocenters. The highest BCUT2D eigenvalue weighted by Gasteiger charge is 2.30. The molecule has 3 aromatic carbocycles. The largest absolute Gasteiger partial charge is 0.243 e. The molecule has 0 fully saturated rings. The van der Waals surface area contributed by atoms with E-state index in [1.807, 2.05) is 66.7 Å². The Kier molecular flexibility index (Phi) is 4.79. The average molecular weight is 337 g/mol. The number of hydrogen-bond acceptors (Lipinski definition) is 2. The molecular formula is C20H19NO2S. The van der Waals surface area contributed by atoms with Crippen LogP contribution in [-0.4, -0.2) is 19.8 Å². The lowest BCUT2D eigenvalue weighted by atomic mass is 9.99. The van der Waals surface area contributed by atoms with Crippen molar-refractivity contribution in [3.63, 3.8) is 0 Å². The number of nitrogens with zero attached hydrogens (tertiary/aromatic N) is 1. The highest BCUT2D eigenvalue weighted by Crippen LogP contribution is 2.31. The van der Waals surface area contributed by atoms with Gasteiger partial charge in [-0.15, -0.1) is 0 Å². The minimum absolute atomic E-state index is 0.296. The number of sulfonamides is 1. The molecule has 0 aliphatic heterocycles. The number of hydrogen-bond donors (Lipinski definition) is 0. The molecule has 0 heterocycles. The van der Waals surface area contributed by atoms with Crippen LogP contribution in [-0.2, 0) is 10.0 Å². The second-order valence-corrected chi connectivity index (χ2v) is 7.56. The smallest absolute Gasteiger partial charge is 0.207 e. The molecule has 122 valence electrons. The topological polar surface area (TPSA) is 37.4 Å². The van der Waals surface area contributed by atoms with Crippen molar-refractivity contribution in [1.82, 2.24) is 4.31 Å². The standard InChI is InChI=1S/C20H19NO2S/c1-21(24(22,23)19-15-9-4-10-16-19)20(17-11-5-2-6-12-17)18-13-7-3-8-14-18/h2-16,20H,1H3. The molecule has 0 saturated carbocycles. The Morgan fingerprint density at radius 1 is 0.667 bits per heavy atom. The van der Waals surface area contributed by atoms with Crippen LogP contribution in [0.1, 0.15) is 17.2 Å². The molecule has 0 bridgehead atoms. The molecule has 0 amide bonds. The van der Waals surface area contributed by atoms with E-state index >= 15 is 0 Å². The van der Waals surface area contributed by atoms with Crippen molar-refractivity contribution in [2.75, 3.05) is 7.05 Å². The first kappa shape index (κ1) is 16.4. The molecule has 0 atom stereocenters. The maximum atomic E-state index is 13.0. The van der Waals surface area contributed by atoms with Crippen molar-refractivity contribution in [3.8, 4) is 0 Å². The van der Waals surface area contributed by atoms with Crippen LogP contribution in [0, 0.1) is 0 Å². The molecule has 0 saturated heterocycles. The van der Waals surface area contributed by atoms with Gasteiger partial charge in [0.2, 0.25) is 10.0 Å². The van der Waals surface area contributed by atoms with Crippen molar-refractivity contribution < 1.29 is 8.42 Å². The van der Waals surface area contributed by atoms with E-state index in [9.17, 15) is 8.42 Å². The summed E-state index contributed by atoms with van der Waals surface area (Å²) in [5, 5.41) is 0. The zero-order valence-corrected chi connectivity index (χ0v) is 14.2. The number of benzene rings is 3. The Labute approximate surface area is 143 Å². The van der Waals surface area contributed by atoms with Crippen molar-refractivity contribution in [1.29, 1.82) is 0 Å². The van der Waals surface area contributed by atoms with Gasteiger partial charge in [-0.25, -0.2) is 8.42 Å². The van der Waals surface area contributed by atoms with Gasteiger partial charge in [0.15, 0.2) is 0 Å². The van der Waals surface area contributed by atoms with Crippen LogP contribution >= 0.6 is 0 Å². The van der Waals surface area contributed by atoms with E-state index in [0.717, 1.165) is 11.1 Å². The second-order valence-electron chi connectivity index (χ2n) is 5.56.